The van der Waals surface area contributed by atoms with E-state index in [1.54, 1.807) is 48.2 Å². The number of amides is 2. The molecule has 4 rings (SSSR count). The van der Waals surface area contributed by atoms with Crippen LogP contribution in [0.15, 0.2) is 64.1 Å². The fraction of sp³-hybridized carbons (Fsp3) is 0.182. The van der Waals surface area contributed by atoms with Crippen LogP contribution in [0, 0.1) is 12.7 Å². The minimum Gasteiger partial charge on any atom is -0.459 e. The number of aryl methyl sites for hydroxylation is 1. The van der Waals surface area contributed by atoms with E-state index in [9.17, 15) is 14.0 Å². The third-order valence-electron chi connectivity index (χ3n) is 4.81. The number of benzene rings is 2. The van der Waals surface area contributed by atoms with E-state index in [-0.39, 0.29) is 29.4 Å². The molecule has 1 aromatic heterocycles. The summed E-state index contributed by atoms with van der Waals surface area (Å²) in [6.07, 6.45) is 2.15. The molecule has 1 atom stereocenters. The second kappa shape index (κ2) is 8.13. The first-order chi connectivity index (χ1) is 14.0. The minimum absolute atomic E-state index is 0.192. The molecular formula is C22H19FN2O3S. The van der Waals surface area contributed by atoms with E-state index in [0.717, 1.165) is 28.2 Å². The van der Waals surface area contributed by atoms with Gasteiger partial charge in [0.05, 0.1) is 12.3 Å². The highest BCUT2D eigenvalue weighted by Crippen LogP contribution is 2.36. The van der Waals surface area contributed by atoms with E-state index in [1.807, 2.05) is 6.92 Å². The lowest BCUT2D eigenvalue weighted by atomic mass is 10.0. The lowest BCUT2D eigenvalue weighted by Crippen LogP contribution is -2.30. The lowest BCUT2D eigenvalue weighted by molar-refractivity contribution is 0.0933. The van der Waals surface area contributed by atoms with Crippen LogP contribution >= 0.6 is 11.8 Å². The second-order valence-electron chi connectivity index (χ2n) is 6.81. The molecule has 2 heterocycles. The number of anilines is 1. The average molecular weight is 410 g/mol. The molecule has 1 aliphatic heterocycles. The molecule has 5 nitrogen and oxygen atoms in total. The summed E-state index contributed by atoms with van der Waals surface area (Å²) in [6.45, 7) is 1.84. The number of carbonyl (C=O) groups is 2. The average Bonchev–Trinajstić information content (AvgIpc) is 3.25. The molecule has 0 fully saturated rings. The molecule has 0 spiro atoms. The Bertz CT molecular complexity index is 1070. The van der Waals surface area contributed by atoms with Gasteiger partial charge in [-0.15, -0.1) is 11.8 Å². The van der Waals surface area contributed by atoms with Crippen molar-refractivity contribution in [2.45, 2.75) is 24.3 Å². The van der Waals surface area contributed by atoms with Gasteiger partial charge >= 0.3 is 0 Å². The molecule has 0 aliphatic carbocycles. The van der Waals surface area contributed by atoms with Gasteiger partial charge in [0, 0.05) is 21.9 Å². The SMILES string of the molecule is Cc1ccc(C(=O)NC2CCSc3ccc(F)cc32)cc1NC(=O)c1ccco1. The summed E-state index contributed by atoms with van der Waals surface area (Å²) in [6, 6.07) is 12.7. The van der Waals surface area contributed by atoms with Gasteiger partial charge in [-0.25, -0.2) is 4.39 Å². The lowest BCUT2D eigenvalue weighted by Gasteiger charge is -2.26. The van der Waals surface area contributed by atoms with E-state index in [0.29, 0.717) is 11.3 Å². The summed E-state index contributed by atoms with van der Waals surface area (Å²) in [5, 5.41) is 5.76. The van der Waals surface area contributed by atoms with Crippen molar-refractivity contribution >= 4 is 29.3 Å². The Morgan fingerprint density at radius 1 is 1.14 bits per heavy atom. The van der Waals surface area contributed by atoms with Crippen molar-refractivity contribution in [3.8, 4) is 0 Å². The van der Waals surface area contributed by atoms with E-state index < -0.39 is 0 Å². The third-order valence-corrected chi connectivity index (χ3v) is 5.93. The van der Waals surface area contributed by atoms with Crippen LogP contribution in [-0.4, -0.2) is 17.6 Å². The zero-order chi connectivity index (χ0) is 20.4. The maximum absolute atomic E-state index is 13.7. The maximum atomic E-state index is 13.7. The Balaban J connectivity index is 1.53. The molecule has 2 N–H and O–H groups in total. The van der Waals surface area contributed by atoms with Crippen LogP contribution in [0.1, 0.15) is 44.5 Å². The van der Waals surface area contributed by atoms with Gasteiger partial charge in [-0.3, -0.25) is 9.59 Å². The van der Waals surface area contributed by atoms with Crippen molar-refractivity contribution < 1.29 is 18.4 Å². The molecule has 0 saturated carbocycles. The molecule has 3 aromatic rings. The molecule has 0 radical (unpaired) electrons. The van der Waals surface area contributed by atoms with Crippen LogP contribution in [-0.2, 0) is 0 Å². The number of fused-ring (bicyclic) bond motifs is 1. The van der Waals surface area contributed by atoms with Crippen LogP contribution in [0.5, 0.6) is 0 Å². The number of furan rings is 1. The van der Waals surface area contributed by atoms with Gasteiger partial charge in [0.25, 0.3) is 11.8 Å². The zero-order valence-electron chi connectivity index (χ0n) is 15.7. The van der Waals surface area contributed by atoms with Crippen LogP contribution in [0.25, 0.3) is 0 Å². The Morgan fingerprint density at radius 3 is 2.79 bits per heavy atom. The number of carbonyl (C=O) groups excluding carboxylic acids is 2. The number of thioether (sulfide) groups is 1. The molecule has 1 unspecified atom stereocenters. The zero-order valence-corrected chi connectivity index (χ0v) is 16.5. The van der Waals surface area contributed by atoms with Gasteiger partial charge in [-0.05, 0) is 66.9 Å². The molecule has 0 bridgehead atoms. The van der Waals surface area contributed by atoms with Crippen molar-refractivity contribution in [1.82, 2.24) is 5.32 Å². The van der Waals surface area contributed by atoms with Crippen molar-refractivity contribution in [3.63, 3.8) is 0 Å². The Kier molecular flexibility index (Phi) is 5.40. The number of nitrogens with one attached hydrogen (secondary N) is 2. The summed E-state index contributed by atoms with van der Waals surface area (Å²) < 4.78 is 18.8. The fourth-order valence-electron chi connectivity index (χ4n) is 3.25. The minimum atomic E-state index is -0.385. The highest BCUT2D eigenvalue weighted by atomic mass is 32.2. The van der Waals surface area contributed by atoms with Gasteiger partial charge in [0.15, 0.2) is 5.76 Å². The molecule has 148 valence electrons. The molecule has 0 saturated heterocycles. The predicted molar refractivity (Wildman–Crippen MR) is 110 cm³/mol. The number of hydrogen-bond acceptors (Lipinski definition) is 4. The van der Waals surface area contributed by atoms with Crippen LogP contribution in [0.4, 0.5) is 10.1 Å². The van der Waals surface area contributed by atoms with Crippen molar-refractivity contribution in [1.29, 1.82) is 0 Å². The van der Waals surface area contributed by atoms with E-state index in [4.69, 9.17) is 4.42 Å². The van der Waals surface area contributed by atoms with E-state index in [2.05, 4.69) is 10.6 Å². The largest absolute Gasteiger partial charge is 0.459 e. The van der Waals surface area contributed by atoms with Gasteiger partial charge in [0.1, 0.15) is 5.82 Å². The monoisotopic (exact) mass is 410 g/mol. The van der Waals surface area contributed by atoms with E-state index >= 15 is 0 Å². The third kappa shape index (κ3) is 4.19. The van der Waals surface area contributed by atoms with E-state index in [1.165, 1.54) is 18.4 Å². The van der Waals surface area contributed by atoms with Crippen LogP contribution < -0.4 is 10.6 Å². The fourth-order valence-corrected chi connectivity index (χ4v) is 4.35. The topological polar surface area (TPSA) is 71.3 Å². The first-order valence-electron chi connectivity index (χ1n) is 9.20. The van der Waals surface area contributed by atoms with Gasteiger partial charge in [-0.1, -0.05) is 6.07 Å². The highest BCUT2D eigenvalue weighted by molar-refractivity contribution is 7.99. The smallest absolute Gasteiger partial charge is 0.291 e. The maximum Gasteiger partial charge on any atom is 0.291 e. The van der Waals surface area contributed by atoms with Crippen LogP contribution in [0.3, 0.4) is 0 Å². The molecule has 2 aromatic carbocycles. The molecule has 7 heteroatoms. The van der Waals surface area contributed by atoms with Gasteiger partial charge in [-0.2, -0.15) is 0 Å². The van der Waals surface area contributed by atoms with Crippen molar-refractivity contribution in [3.05, 3.63) is 83.1 Å². The molecule has 2 amide bonds. The second-order valence-corrected chi connectivity index (χ2v) is 7.94. The van der Waals surface area contributed by atoms with Crippen LogP contribution in [0.2, 0.25) is 0 Å². The first kappa shape index (κ1) is 19.3. The Hall–Kier alpha value is -3.06. The number of rotatable bonds is 4. The quantitative estimate of drug-likeness (QED) is 0.639. The molecule has 29 heavy (non-hydrogen) atoms. The van der Waals surface area contributed by atoms with Crippen molar-refractivity contribution in [2.24, 2.45) is 0 Å². The number of hydrogen-bond donors (Lipinski definition) is 2. The highest BCUT2D eigenvalue weighted by Gasteiger charge is 2.23. The standard InChI is InChI=1S/C22H19FN2O3S/c1-13-4-5-14(11-18(13)25-22(27)19-3-2-9-28-19)21(26)24-17-8-10-29-20-7-6-15(23)12-16(17)20/h2-7,9,11-12,17H,8,10H2,1H3,(H,24,26)(H,25,27). The summed E-state index contributed by atoms with van der Waals surface area (Å²) in [5.74, 6) is 0.0680. The Labute approximate surface area is 171 Å². The summed E-state index contributed by atoms with van der Waals surface area (Å²) in [7, 11) is 0. The summed E-state index contributed by atoms with van der Waals surface area (Å²) in [5.41, 5.74) is 2.57. The Morgan fingerprint density at radius 2 is 2.00 bits per heavy atom. The predicted octanol–water partition coefficient (Wildman–Crippen LogP) is 4.95. The van der Waals surface area contributed by atoms with Gasteiger partial charge in [0.2, 0.25) is 0 Å². The molecule has 1 aliphatic rings. The number of halogens is 1. The summed E-state index contributed by atoms with van der Waals surface area (Å²) in [4.78, 5) is 26.1. The van der Waals surface area contributed by atoms with Gasteiger partial charge < -0.3 is 15.1 Å². The normalized spacial score (nSPS) is 15.4. The first-order valence-corrected chi connectivity index (χ1v) is 10.2. The van der Waals surface area contributed by atoms with Crippen molar-refractivity contribution in [2.75, 3.05) is 11.1 Å². The summed E-state index contributed by atoms with van der Waals surface area (Å²) >= 11 is 1.66. The molecular weight excluding hydrogens is 391 g/mol.